The minimum atomic E-state index is -0.489. The average Bonchev–Trinajstić information content (AvgIpc) is 2.46. The second-order valence-corrected chi connectivity index (χ2v) is 5.04. The fraction of sp³-hybridized carbons (Fsp3) is 0.286. The van der Waals surface area contributed by atoms with Crippen molar-refractivity contribution in [3.8, 4) is 0 Å². The van der Waals surface area contributed by atoms with Gasteiger partial charge in [-0.3, -0.25) is 10.1 Å². The van der Waals surface area contributed by atoms with Crippen molar-refractivity contribution in [1.82, 2.24) is 10.6 Å². The predicted molar refractivity (Wildman–Crippen MR) is 85.0 cm³/mol. The van der Waals surface area contributed by atoms with Crippen LogP contribution >= 0.6 is 12.2 Å². The van der Waals surface area contributed by atoms with Crippen LogP contribution < -0.4 is 10.6 Å². The summed E-state index contributed by atoms with van der Waals surface area (Å²) in [6.45, 7) is 3.73. The topological polar surface area (TPSA) is 93.5 Å². The van der Waals surface area contributed by atoms with Crippen molar-refractivity contribution < 1.29 is 14.5 Å². The van der Waals surface area contributed by atoms with Gasteiger partial charge >= 0.3 is 5.97 Å². The largest absolute Gasteiger partial charge is 0.463 e. The van der Waals surface area contributed by atoms with E-state index in [0.717, 1.165) is 0 Å². The number of hydrogen-bond acceptors (Lipinski definition) is 5. The first-order valence-electron chi connectivity index (χ1n) is 6.67. The van der Waals surface area contributed by atoms with Gasteiger partial charge in [0.05, 0.1) is 28.8 Å². The summed E-state index contributed by atoms with van der Waals surface area (Å²) >= 11 is 5.11. The quantitative estimate of drug-likeness (QED) is 0.377. The van der Waals surface area contributed by atoms with Gasteiger partial charge in [0, 0.05) is 17.7 Å². The molecule has 22 heavy (non-hydrogen) atoms. The Kier molecular flexibility index (Phi) is 4.71. The number of carbonyl (C=O) groups is 1. The maximum atomic E-state index is 12.2. The first kappa shape index (κ1) is 15.9. The second-order valence-electron chi connectivity index (χ2n) is 4.64. The predicted octanol–water partition coefficient (Wildman–Crippen LogP) is 1.74. The van der Waals surface area contributed by atoms with Crippen LogP contribution in [-0.4, -0.2) is 28.7 Å². The van der Waals surface area contributed by atoms with Crippen molar-refractivity contribution in [3.05, 3.63) is 45.5 Å². The highest BCUT2D eigenvalue weighted by Crippen LogP contribution is 2.25. The number of nitrogens with zero attached hydrogens (tertiary/aromatic N) is 1. The number of thiocarbonyl (C=S) groups is 1. The molecular weight excluding hydrogens is 306 g/mol. The first-order chi connectivity index (χ1) is 10.4. The number of benzene rings is 1. The lowest BCUT2D eigenvalue weighted by Crippen LogP contribution is -2.48. The van der Waals surface area contributed by atoms with E-state index in [1.54, 1.807) is 26.0 Å². The average molecular weight is 321 g/mol. The zero-order valence-corrected chi connectivity index (χ0v) is 12.9. The van der Waals surface area contributed by atoms with Crippen molar-refractivity contribution in [3.63, 3.8) is 0 Å². The van der Waals surface area contributed by atoms with E-state index in [-0.39, 0.29) is 18.3 Å². The Morgan fingerprint density at radius 2 is 2.23 bits per heavy atom. The Labute approximate surface area is 132 Å². The van der Waals surface area contributed by atoms with Crippen LogP contribution in [0.1, 0.15) is 19.4 Å². The summed E-state index contributed by atoms with van der Waals surface area (Å²) < 4.78 is 5.06. The minimum Gasteiger partial charge on any atom is -0.463 e. The fourth-order valence-electron chi connectivity index (χ4n) is 2.19. The van der Waals surface area contributed by atoms with E-state index < -0.39 is 10.9 Å². The Bertz CT molecular complexity index is 672. The van der Waals surface area contributed by atoms with Crippen molar-refractivity contribution >= 4 is 34.7 Å². The molecule has 8 heteroatoms. The summed E-state index contributed by atoms with van der Waals surface area (Å²) in [7, 11) is 0. The van der Waals surface area contributed by atoms with E-state index in [2.05, 4.69) is 10.6 Å². The highest BCUT2D eigenvalue weighted by Gasteiger charge is 2.29. The Morgan fingerprint density at radius 3 is 2.86 bits per heavy atom. The molecule has 1 unspecified atom stereocenters. The van der Waals surface area contributed by atoms with Crippen LogP contribution in [0.25, 0.3) is 5.70 Å². The van der Waals surface area contributed by atoms with Gasteiger partial charge in [-0.1, -0.05) is 12.1 Å². The van der Waals surface area contributed by atoms with Gasteiger partial charge in [-0.05, 0) is 26.1 Å². The van der Waals surface area contributed by atoms with Gasteiger partial charge in [-0.2, -0.15) is 0 Å². The van der Waals surface area contributed by atoms with Gasteiger partial charge in [0.25, 0.3) is 5.69 Å². The molecule has 0 fully saturated rings. The van der Waals surface area contributed by atoms with Crippen molar-refractivity contribution in [2.75, 3.05) is 6.61 Å². The van der Waals surface area contributed by atoms with Crippen LogP contribution in [0.3, 0.4) is 0 Å². The van der Waals surface area contributed by atoms with Gasteiger partial charge in [-0.25, -0.2) is 4.79 Å². The number of hydrogen-bond donors (Lipinski definition) is 2. The van der Waals surface area contributed by atoms with Crippen molar-refractivity contribution in [2.45, 2.75) is 19.9 Å². The van der Waals surface area contributed by atoms with E-state index in [1.807, 2.05) is 0 Å². The number of nitro benzene ring substituents is 1. The molecule has 1 aromatic rings. The smallest absolute Gasteiger partial charge is 0.338 e. The molecule has 1 aliphatic rings. The van der Waals surface area contributed by atoms with Gasteiger partial charge < -0.3 is 15.4 Å². The van der Waals surface area contributed by atoms with Crippen molar-refractivity contribution in [1.29, 1.82) is 0 Å². The number of esters is 1. The molecule has 1 heterocycles. The molecule has 0 amide bonds. The number of nitro groups is 1. The van der Waals surface area contributed by atoms with Crippen LogP contribution in [0, 0.1) is 10.1 Å². The van der Waals surface area contributed by atoms with Gasteiger partial charge in [0.15, 0.2) is 5.11 Å². The first-order valence-corrected chi connectivity index (χ1v) is 7.08. The Hall–Kier alpha value is -2.48. The Balaban J connectivity index is 2.56. The van der Waals surface area contributed by atoms with E-state index in [9.17, 15) is 14.9 Å². The molecule has 1 aromatic carbocycles. The third-order valence-electron chi connectivity index (χ3n) is 3.13. The van der Waals surface area contributed by atoms with Crippen LogP contribution in [0.4, 0.5) is 5.69 Å². The summed E-state index contributed by atoms with van der Waals surface area (Å²) in [5.74, 6) is -0.487. The maximum Gasteiger partial charge on any atom is 0.338 e. The number of carbonyl (C=O) groups excluding carboxylic acids is 1. The van der Waals surface area contributed by atoms with Crippen molar-refractivity contribution in [2.24, 2.45) is 0 Å². The number of nitrogens with one attached hydrogen (secondary N) is 2. The van der Waals surface area contributed by atoms with Gasteiger partial charge in [-0.15, -0.1) is 0 Å². The molecule has 1 aliphatic heterocycles. The highest BCUT2D eigenvalue weighted by molar-refractivity contribution is 7.80. The minimum absolute atomic E-state index is 0.0629. The fourth-order valence-corrected chi connectivity index (χ4v) is 2.47. The normalized spacial score (nSPS) is 17.5. The van der Waals surface area contributed by atoms with Crippen LogP contribution in [0.5, 0.6) is 0 Å². The van der Waals surface area contributed by atoms with E-state index >= 15 is 0 Å². The summed E-state index contributed by atoms with van der Waals surface area (Å²) in [5, 5.41) is 17.1. The zero-order chi connectivity index (χ0) is 16.3. The standard InChI is InChI=1S/C14H15N3O4S/c1-3-21-13(18)11-8(2)15-14(22)16-12(11)9-5-4-6-10(7-9)17(19)20/h4-8H,3H2,1-2H3,(H2,15,16,22). The summed E-state index contributed by atoms with van der Waals surface area (Å²) in [6, 6.07) is 5.65. The second kappa shape index (κ2) is 6.52. The highest BCUT2D eigenvalue weighted by atomic mass is 32.1. The van der Waals surface area contributed by atoms with E-state index in [0.29, 0.717) is 21.9 Å². The van der Waals surface area contributed by atoms with Gasteiger partial charge in [0.2, 0.25) is 0 Å². The van der Waals surface area contributed by atoms with E-state index in [1.165, 1.54) is 12.1 Å². The summed E-state index contributed by atoms with van der Waals surface area (Å²) in [6.07, 6.45) is 0. The molecule has 2 N–H and O–H groups in total. The molecule has 1 atom stereocenters. The van der Waals surface area contributed by atoms with Crippen LogP contribution in [0.15, 0.2) is 29.8 Å². The van der Waals surface area contributed by atoms with Gasteiger partial charge in [0.1, 0.15) is 0 Å². The number of non-ortho nitro benzene ring substituents is 1. The molecule has 0 saturated carbocycles. The number of rotatable bonds is 4. The third-order valence-corrected chi connectivity index (χ3v) is 3.35. The van der Waals surface area contributed by atoms with Crippen LogP contribution in [0.2, 0.25) is 0 Å². The molecule has 0 saturated heterocycles. The number of ether oxygens (including phenoxy) is 1. The molecule has 0 aromatic heterocycles. The van der Waals surface area contributed by atoms with Crippen LogP contribution in [-0.2, 0) is 9.53 Å². The molecule has 2 rings (SSSR count). The summed E-state index contributed by atoms with van der Waals surface area (Å²) in [4.78, 5) is 22.6. The lowest BCUT2D eigenvalue weighted by atomic mass is 9.99. The molecule has 7 nitrogen and oxygen atoms in total. The summed E-state index contributed by atoms with van der Waals surface area (Å²) in [5.41, 5.74) is 1.23. The molecule has 0 bridgehead atoms. The molecule has 116 valence electrons. The molecule has 0 radical (unpaired) electrons. The SMILES string of the molecule is CCOC(=O)C1=C(c2cccc([N+](=O)[O-])c2)NC(=S)NC1C. The lowest BCUT2D eigenvalue weighted by Gasteiger charge is -2.28. The third kappa shape index (κ3) is 3.22. The molecular formula is C14H15N3O4S. The van der Waals surface area contributed by atoms with E-state index in [4.69, 9.17) is 17.0 Å². The molecule has 0 aliphatic carbocycles. The maximum absolute atomic E-state index is 12.2. The lowest BCUT2D eigenvalue weighted by molar-refractivity contribution is -0.384. The molecule has 0 spiro atoms. The Morgan fingerprint density at radius 1 is 1.50 bits per heavy atom. The zero-order valence-electron chi connectivity index (χ0n) is 12.1. The monoisotopic (exact) mass is 321 g/mol.